The van der Waals surface area contributed by atoms with Crippen LogP contribution in [-0.4, -0.2) is 50.7 Å². The molecule has 0 spiro atoms. The summed E-state index contributed by atoms with van der Waals surface area (Å²) in [6.07, 6.45) is 7.84. The molecular weight excluding hydrogens is 322 g/mol. The Morgan fingerprint density at radius 3 is 2.38 bits per heavy atom. The maximum absolute atomic E-state index is 4.55. The molecule has 1 aliphatic heterocycles. The van der Waals surface area contributed by atoms with E-state index in [4.69, 9.17) is 0 Å². The van der Waals surface area contributed by atoms with Gasteiger partial charge in [0.15, 0.2) is 0 Å². The zero-order valence-electron chi connectivity index (χ0n) is 15.2. The Labute approximate surface area is 154 Å². The molecule has 1 fully saturated rings. The summed E-state index contributed by atoms with van der Waals surface area (Å²) in [7, 11) is 0. The summed E-state index contributed by atoms with van der Waals surface area (Å²) in [5.74, 6) is 0. The summed E-state index contributed by atoms with van der Waals surface area (Å²) in [6, 6.07) is 14.9. The van der Waals surface area contributed by atoms with Crippen LogP contribution < -0.4 is 0 Å². The minimum atomic E-state index is 0.161. The van der Waals surface area contributed by atoms with E-state index in [0.717, 1.165) is 32.7 Å². The highest BCUT2D eigenvalue weighted by atomic mass is 15.4. The van der Waals surface area contributed by atoms with Crippen molar-refractivity contribution in [2.24, 2.45) is 0 Å². The Bertz CT molecular complexity index is 807. The fourth-order valence-corrected chi connectivity index (χ4v) is 3.72. The van der Waals surface area contributed by atoms with Gasteiger partial charge in [0.1, 0.15) is 6.17 Å². The zero-order chi connectivity index (χ0) is 17.8. The Morgan fingerprint density at radius 1 is 0.923 bits per heavy atom. The molecule has 26 heavy (non-hydrogen) atoms. The predicted molar refractivity (Wildman–Crippen MR) is 103 cm³/mol. The lowest BCUT2D eigenvalue weighted by molar-refractivity contribution is 0.0739. The van der Waals surface area contributed by atoms with Gasteiger partial charge in [-0.05, 0) is 41.8 Å². The molecule has 3 aromatic rings. The largest absolute Gasteiger partial charge is 0.297 e. The van der Waals surface area contributed by atoms with E-state index in [1.54, 1.807) is 0 Å². The summed E-state index contributed by atoms with van der Waals surface area (Å²) >= 11 is 0. The van der Waals surface area contributed by atoms with E-state index in [1.807, 2.05) is 24.7 Å². The number of piperazine rings is 1. The first-order valence-electron chi connectivity index (χ1n) is 9.21. The lowest BCUT2D eigenvalue weighted by Gasteiger charge is -2.39. The second kappa shape index (κ2) is 7.81. The van der Waals surface area contributed by atoms with Crippen LogP contribution in [-0.2, 0) is 6.54 Å². The van der Waals surface area contributed by atoms with Crippen molar-refractivity contribution in [1.29, 1.82) is 0 Å². The van der Waals surface area contributed by atoms with Gasteiger partial charge in [-0.3, -0.25) is 19.5 Å². The molecule has 5 nitrogen and oxygen atoms in total. The van der Waals surface area contributed by atoms with Crippen molar-refractivity contribution in [2.75, 3.05) is 26.2 Å². The van der Waals surface area contributed by atoms with Gasteiger partial charge in [0.25, 0.3) is 0 Å². The van der Waals surface area contributed by atoms with Crippen LogP contribution in [0.1, 0.15) is 22.9 Å². The van der Waals surface area contributed by atoms with E-state index in [9.17, 15) is 0 Å². The van der Waals surface area contributed by atoms with Gasteiger partial charge >= 0.3 is 0 Å². The number of aryl methyl sites for hydroxylation is 1. The van der Waals surface area contributed by atoms with Crippen molar-refractivity contribution in [3.05, 3.63) is 83.9 Å². The molecule has 1 atom stereocenters. The summed E-state index contributed by atoms with van der Waals surface area (Å²) < 4.78 is 2.08. The molecule has 2 aromatic heterocycles. The van der Waals surface area contributed by atoms with Crippen molar-refractivity contribution in [2.45, 2.75) is 19.6 Å². The number of benzene rings is 1. The third-order valence-electron chi connectivity index (χ3n) is 5.15. The van der Waals surface area contributed by atoms with Crippen molar-refractivity contribution >= 4 is 0 Å². The lowest BCUT2D eigenvalue weighted by Crippen LogP contribution is -2.48. The van der Waals surface area contributed by atoms with Crippen LogP contribution in [0.3, 0.4) is 0 Å². The van der Waals surface area contributed by atoms with Crippen LogP contribution >= 0.6 is 0 Å². The van der Waals surface area contributed by atoms with E-state index in [-0.39, 0.29) is 6.17 Å². The molecule has 0 amide bonds. The predicted octanol–water partition coefficient (Wildman–Crippen LogP) is 2.95. The average Bonchev–Trinajstić information content (AvgIpc) is 3.20. The zero-order valence-corrected chi connectivity index (χ0v) is 15.2. The molecule has 0 radical (unpaired) electrons. The second-order valence-corrected chi connectivity index (χ2v) is 6.88. The van der Waals surface area contributed by atoms with Crippen LogP contribution in [0.5, 0.6) is 0 Å². The lowest BCUT2D eigenvalue weighted by atomic mass is 10.0. The van der Waals surface area contributed by atoms with Crippen molar-refractivity contribution < 1.29 is 0 Å². The van der Waals surface area contributed by atoms with E-state index >= 15 is 0 Å². The van der Waals surface area contributed by atoms with Crippen LogP contribution in [0.15, 0.2) is 67.3 Å². The van der Waals surface area contributed by atoms with Crippen LogP contribution in [0.25, 0.3) is 0 Å². The highest BCUT2D eigenvalue weighted by Crippen LogP contribution is 2.26. The molecule has 0 saturated carbocycles. The van der Waals surface area contributed by atoms with Gasteiger partial charge in [0.05, 0.1) is 0 Å². The van der Waals surface area contributed by atoms with Gasteiger partial charge in [-0.1, -0.05) is 24.3 Å². The van der Waals surface area contributed by atoms with E-state index in [0.29, 0.717) is 0 Å². The van der Waals surface area contributed by atoms with Crippen LogP contribution in [0.4, 0.5) is 0 Å². The van der Waals surface area contributed by atoms with Gasteiger partial charge in [-0.25, -0.2) is 0 Å². The molecule has 1 aromatic carbocycles. The standard InChI is InChI=1S/C21H25N5/c1-18-5-2-3-6-20(18)21(26-12-4-9-23-26)25-15-13-24(14-16-25)17-19-7-10-22-11-8-19/h2-12,21H,13-17H2,1H3. The Kier molecular flexibility index (Phi) is 5.09. The Balaban J connectivity index is 1.49. The van der Waals surface area contributed by atoms with Gasteiger partial charge in [0.2, 0.25) is 0 Å². The SMILES string of the molecule is Cc1ccccc1C(N1CCN(Cc2ccncc2)CC1)n1cccn1. The molecule has 1 saturated heterocycles. The molecule has 0 N–H and O–H groups in total. The molecular formula is C21H25N5. The summed E-state index contributed by atoms with van der Waals surface area (Å²) in [5, 5.41) is 4.55. The number of pyridine rings is 1. The molecule has 134 valence electrons. The first kappa shape index (κ1) is 16.9. The quantitative estimate of drug-likeness (QED) is 0.711. The smallest absolute Gasteiger partial charge is 0.130 e. The summed E-state index contributed by atoms with van der Waals surface area (Å²) in [5.41, 5.74) is 3.97. The average molecular weight is 347 g/mol. The molecule has 0 aliphatic carbocycles. The van der Waals surface area contributed by atoms with Gasteiger partial charge < -0.3 is 0 Å². The van der Waals surface area contributed by atoms with Crippen LogP contribution in [0.2, 0.25) is 0 Å². The molecule has 3 heterocycles. The number of aromatic nitrogens is 3. The Hall–Kier alpha value is -2.50. The third kappa shape index (κ3) is 3.69. The van der Waals surface area contributed by atoms with Gasteiger partial charge in [-0.15, -0.1) is 0 Å². The molecule has 1 aliphatic rings. The maximum atomic E-state index is 4.55. The monoisotopic (exact) mass is 347 g/mol. The van der Waals surface area contributed by atoms with Crippen molar-refractivity contribution in [3.8, 4) is 0 Å². The molecule has 4 rings (SSSR count). The highest BCUT2D eigenvalue weighted by Gasteiger charge is 2.27. The fraction of sp³-hybridized carbons (Fsp3) is 0.333. The van der Waals surface area contributed by atoms with E-state index in [1.165, 1.54) is 16.7 Å². The van der Waals surface area contributed by atoms with Gasteiger partial charge in [0, 0.05) is 57.5 Å². The summed E-state index contributed by atoms with van der Waals surface area (Å²) in [4.78, 5) is 9.17. The van der Waals surface area contributed by atoms with E-state index < -0.39 is 0 Å². The molecule has 0 bridgehead atoms. The topological polar surface area (TPSA) is 37.2 Å². The minimum absolute atomic E-state index is 0.161. The fourth-order valence-electron chi connectivity index (χ4n) is 3.72. The third-order valence-corrected chi connectivity index (χ3v) is 5.15. The first-order valence-corrected chi connectivity index (χ1v) is 9.21. The van der Waals surface area contributed by atoms with Crippen molar-refractivity contribution in [3.63, 3.8) is 0 Å². The number of nitrogens with zero attached hydrogens (tertiary/aromatic N) is 5. The Morgan fingerprint density at radius 2 is 1.69 bits per heavy atom. The maximum Gasteiger partial charge on any atom is 0.130 e. The molecule has 1 unspecified atom stereocenters. The minimum Gasteiger partial charge on any atom is -0.297 e. The first-order chi connectivity index (χ1) is 12.8. The normalized spacial score (nSPS) is 17.3. The number of rotatable bonds is 5. The number of hydrogen-bond donors (Lipinski definition) is 0. The summed E-state index contributed by atoms with van der Waals surface area (Å²) in [6.45, 7) is 7.37. The highest BCUT2D eigenvalue weighted by molar-refractivity contribution is 5.29. The van der Waals surface area contributed by atoms with Crippen LogP contribution in [0, 0.1) is 6.92 Å². The second-order valence-electron chi connectivity index (χ2n) is 6.88. The van der Waals surface area contributed by atoms with Gasteiger partial charge in [-0.2, -0.15) is 5.10 Å². The van der Waals surface area contributed by atoms with Crippen molar-refractivity contribution in [1.82, 2.24) is 24.6 Å². The number of hydrogen-bond acceptors (Lipinski definition) is 4. The molecule has 5 heteroatoms. The van der Waals surface area contributed by atoms with E-state index in [2.05, 4.69) is 74.1 Å².